The van der Waals surface area contributed by atoms with Gasteiger partial charge in [-0.3, -0.25) is 9.78 Å². The quantitative estimate of drug-likeness (QED) is 0.813. The number of carbonyl (C=O) groups excluding carboxylic acids is 1. The van der Waals surface area contributed by atoms with Crippen molar-refractivity contribution in [1.29, 1.82) is 0 Å². The molecule has 134 valence electrons. The van der Waals surface area contributed by atoms with Gasteiger partial charge in [-0.2, -0.15) is 0 Å². The Labute approximate surface area is 144 Å². The van der Waals surface area contributed by atoms with Crippen LogP contribution in [0.2, 0.25) is 0 Å². The van der Waals surface area contributed by atoms with Crippen molar-refractivity contribution in [2.75, 3.05) is 29.9 Å². The van der Waals surface area contributed by atoms with E-state index in [4.69, 9.17) is 0 Å². The minimum atomic E-state index is -3.02. The molecule has 1 atom stereocenters. The Balaban J connectivity index is 2.07. The summed E-state index contributed by atoms with van der Waals surface area (Å²) < 4.78 is 23.4. The van der Waals surface area contributed by atoms with Gasteiger partial charge in [-0.1, -0.05) is 13.8 Å². The third-order valence-corrected chi connectivity index (χ3v) is 6.04. The molecular weight excluding hydrogens is 326 g/mol. The highest BCUT2D eigenvalue weighted by molar-refractivity contribution is 7.91. The molecule has 0 spiro atoms. The van der Waals surface area contributed by atoms with Gasteiger partial charge in [0.2, 0.25) is 0 Å². The standard InChI is InChI=1S/C17H27N3O3S/c1-4-20(16-6-8-24(22,23)12-16)17(21)14-9-15(11-18-10-14)19-7-5-13(2)3/h9-11,13,16,19H,4-8,12H2,1-3H3. The number of pyridine rings is 1. The molecule has 6 nitrogen and oxygen atoms in total. The molecule has 0 saturated carbocycles. The molecule has 1 aliphatic heterocycles. The maximum absolute atomic E-state index is 12.8. The van der Waals surface area contributed by atoms with Gasteiger partial charge in [0.05, 0.1) is 22.8 Å². The van der Waals surface area contributed by atoms with Crippen LogP contribution in [0.4, 0.5) is 5.69 Å². The van der Waals surface area contributed by atoms with Crippen LogP contribution in [0, 0.1) is 5.92 Å². The first-order chi connectivity index (χ1) is 11.3. The molecule has 7 heteroatoms. The van der Waals surface area contributed by atoms with Crippen molar-refractivity contribution < 1.29 is 13.2 Å². The zero-order chi connectivity index (χ0) is 17.7. The minimum absolute atomic E-state index is 0.0618. The lowest BCUT2D eigenvalue weighted by Crippen LogP contribution is -2.41. The van der Waals surface area contributed by atoms with Gasteiger partial charge in [-0.25, -0.2) is 8.42 Å². The Morgan fingerprint density at radius 1 is 1.42 bits per heavy atom. The number of rotatable bonds is 7. The van der Waals surface area contributed by atoms with Crippen molar-refractivity contribution in [3.05, 3.63) is 24.0 Å². The molecule has 24 heavy (non-hydrogen) atoms. The Morgan fingerprint density at radius 2 is 2.17 bits per heavy atom. The fourth-order valence-corrected chi connectivity index (χ4v) is 4.64. The van der Waals surface area contributed by atoms with Gasteiger partial charge in [0.1, 0.15) is 0 Å². The van der Waals surface area contributed by atoms with Crippen LogP contribution in [-0.2, 0) is 9.84 Å². The molecule has 1 aromatic rings. The number of hydrogen-bond acceptors (Lipinski definition) is 5. The number of nitrogens with zero attached hydrogens (tertiary/aromatic N) is 2. The normalized spacial score (nSPS) is 19.4. The van der Waals surface area contributed by atoms with E-state index in [1.807, 2.05) is 6.92 Å². The molecule has 1 aliphatic rings. The maximum Gasteiger partial charge on any atom is 0.255 e. The minimum Gasteiger partial charge on any atom is -0.384 e. The third-order valence-electron chi connectivity index (χ3n) is 4.29. The van der Waals surface area contributed by atoms with Crippen LogP contribution in [0.3, 0.4) is 0 Å². The highest BCUT2D eigenvalue weighted by Crippen LogP contribution is 2.20. The summed E-state index contributed by atoms with van der Waals surface area (Å²) >= 11 is 0. The second kappa shape index (κ2) is 7.96. The van der Waals surface area contributed by atoms with Crippen LogP contribution in [0.5, 0.6) is 0 Å². The molecule has 1 saturated heterocycles. The van der Waals surface area contributed by atoms with E-state index in [-0.39, 0.29) is 23.5 Å². The summed E-state index contributed by atoms with van der Waals surface area (Å²) in [6.45, 7) is 7.52. The van der Waals surface area contributed by atoms with Gasteiger partial charge in [0, 0.05) is 31.5 Å². The number of aromatic nitrogens is 1. The predicted molar refractivity (Wildman–Crippen MR) is 96.0 cm³/mol. The number of anilines is 1. The molecule has 1 fully saturated rings. The lowest BCUT2D eigenvalue weighted by Gasteiger charge is -2.27. The molecule has 0 bridgehead atoms. The van der Waals surface area contributed by atoms with E-state index in [0.717, 1.165) is 18.7 Å². The van der Waals surface area contributed by atoms with Crippen LogP contribution in [0.1, 0.15) is 44.0 Å². The average molecular weight is 353 g/mol. The van der Waals surface area contributed by atoms with Crippen LogP contribution in [0.15, 0.2) is 18.5 Å². The SMILES string of the molecule is CCN(C(=O)c1cncc(NCCC(C)C)c1)C1CCS(=O)(=O)C1. The van der Waals surface area contributed by atoms with Gasteiger partial charge < -0.3 is 10.2 Å². The molecule has 1 N–H and O–H groups in total. The lowest BCUT2D eigenvalue weighted by atomic mass is 10.1. The smallest absolute Gasteiger partial charge is 0.255 e. The van der Waals surface area contributed by atoms with Crippen molar-refractivity contribution in [1.82, 2.24) is 9.88 Å². The Kier molecular flexibility index (Phi) is 6.21. The fourth-order valence-electron chi connectivity index (χ4n) is 2.91. The maximum atomic E-state index is 12.8. The average Bonchev–Trinajstić information content (AvgIpc) is 2.88. The Bertz CT molecular complexity index is 673. The topological polar surface area (TPSA) is 79.4 Å². The lowest BCUT2D eigenvalue weighted by molar-refractivity contribution is 0.0708. The molecule has 0 aromatic carbocycles. The highest BCUT2D eigenvalue weighted by Gasteiger charge is 2.34. The van der Waals surface area contributed by atoms with E-state index < -0.39 is 9.84 Å². The van der Waals surface area contributed by atoms with E-state index in [9.17, 15) is 13.2 Å². The molecule has 1 unspecified atom stereocenters. The molecule has 1 aromatic heterocycles. The molecule has 2 rings (SSSR count). The van der Waals surface area contributed by atoms with Crippen molar-refractivity contribution >= 4 is 21.4 Å². The van der Waals surface area contributed by atoms with Crippen molar-refractivity contribution in [3.63, 3.8) is 0 Å². The summed E-state index contributed by atoms with van der Waals surface area (Å²) in [7, 11) is -3.02. The molecule has 0 radical (unpaired) electrons. The predicted octanol–water partition coefficient (Wildman–Crippen LogP) is 2.19. The van der Waals surface area contributed by atoms with Crippen LogP contribution in [-0.4, -0.2) is 54.8 Å². The Morgan fingerprint density at radius 3 is 2.75 bits per heavy atom. The van der Waals surface area contributed by atoms with Crippen LogP contribution >= 0.6 is 0 Å². The van der Waals surface area contributed by atoms with Crippen molar-refractivity contribution in [2.45, 2.75) is 39.7 Å². The second-order valence-electron chi connectivity index (χ2n) is 6.72. The van der Waals surface area contributed by atoms with Gasteiger partial charge >= 0.3 is 0 Å². The van der Waals surface area contributed by atoms with E-state index in [2.05, 4.69) is 24.1 Å². The molecule has 0 aliphatic carbocycles. The first kappa shape index (κ1) is 18.7. The van der Waals surface area contributed by atoms with E-state index >= 15 is 0 Å². The number of amides is 1. The van der Waals surface area contributed by atoms with Crippen LogP contribution < -0.4 is 5.32 Å². The van der Waals surface area contributed by atoms with Crippen molar-refractivity contribution in [2.24, 2.45) is 5.92 Å². The van der Waals surface area contributed by atoms with Gasteiger partial charge in [0.25, 0.3) is 5.91 Å². The summed E-state index contributed by atoms with van der Waals surface area (Å²) in [6, 6.07) is 1.56. The summed E-state index contributed by atoms with van der Waals surface area (Å²) in [4.78, 5) is 18.6. The third kappa shape index (κ3) is 4.93. The zero-order valence-corrected chi connectivity index (χ0v) is 15.5. The summed E-state index contributed by atoms with van der Waals surface area (Å²) in [5, 5.41) is 3.28. The number of carbonyl (C=O) groups is 1. The summed E-state index contributed by atoms with van der Waals surface area (Å²) in [5.74, 6) is 0.679. The Hall–Kier alpha value is -1.63. The first-order valence-corrected chi connectivity index (χ1v) is 10.3. The zero-order valence-electron chi connectivity index (χ0n) is 14.7. The van der Waals surface area contributed by atoms with E-state index in [1.54, 1.807) is 23.4 Å². The van der Waals surface area contributed by atoms with E-state index in [0.29, 0.717) is 24.4 Å². The monoisotopic (exact) mass is 353 g/mol. The first-order valence-electron chi connectivity index (χ1n) is 8.52. The molecular formula is C17H27N3O3S. The second-order valence-corrected chi connectivity index (χ2v) is 8.95. The number of hydrogen-bond donors (Lipinski definition) is 1. The number of nitrogens with one attached hydrogen (secondary N) is 1. The van der Waals surface area contributed by atoms with Crippen LogP contribution in [0.25, 0.3) is 0 Å². The highest BCUT2D eigenvalue weighted by atomic mass is 32.2. The van der Waals surface area contributed by atoms with Gasteiger partial charge in [0.15, 0.2) is 9.84 Å². The van der Waals surface area contributed by atoms with Crippen molar-refractivity contribution in [3.8, 4) is 0 Å². The summed E-state index contributed by atoms with van der Waals surface area (Å²) in [6.07, 6.45) is 4.80. The molecule has 1 amide bonds. The van der Waals surface area contributed by atoms with Gasteiger partial charge in [-0.15, -0.1) is 0 Å². The fraction of sp³-hybridized carbons (Fsp3) is 0.647. The molecule has 2 heterocycles. The van der Waals surface area contributed by atoms with Gasteiger partial charge in [-0.05, 0) is 31.7 Å². The number of sulfone groups is 1. The summed E-state index contributed by atoms with van der Waals surface area (Å²) in [5.41, 5.74) is 1.31. The van der Waals surface area contributed by atoms with E-state index in [1.165, 1.54) is 0 Å². The largest absolute Gasteiger partial charge is 0.384 e.